The molecule has 0 fully saturated rings. The zero-order valence-electron chi connectivity index (χ0n) is 14.1. The van der Waals surface area contributed by atoms with E-state index in [0.717, 1.165) is 6.42 Å². The molecule has 0 atom stereocenters. The molecule has 136 valence electrons. The van der Waals surface area contributed by atoms with Gasteiger partial charge in [-0.15, -0.1) is 11.3 Å². The third-order valence-electron chi connectivity index (χ3n) is 3.70. The van der Waals surface area contributed by atoms with Crippen LogP contribution in [0.2, 0.25) is 0 Å². The van der Waals surface area contributed by atoms with E-state index in [1.54, 1.807) is 11.4 Å². The van der Waals surface area contributed by atoms with Crippen molar-refractivity contribution in [2.24, 2.45) is 0 Å². The van der Waals surface area contributed by atoms with Gasteiger partial charge in [-0.05, 0) is 24.3 Å². The third kappa shape index (κ3) is 5.56. The Kier molecular flexibility index (Phi) is 6.93. The minimum Gasteiger partial charge on any atom is -0.355 e. The summed E-state index contributed by atoms with van der Waals surface area (Å²) in [5.41, 5.74) is -0.0803. The van der Waals surface area contributed by atoms with Gasteiger partial charge in [-0.3, -0.25) is 19.0 Å². The molecular formula is C16H22N4O4S. The van der Waals surface area contributed by atoms with Crippen molar-refractivity contribution in [3.63, 3.8) is 0 Å². The molecule has 2 rings (SSSR count). The fraction of sp³-hybridized carbons (Fsp3) is 0.500. The Morgan fingerprint density at radius 2 is 1.92 bits per heavy atom. The SMILES string of the molecule is CC(=O)NCCNC(=O)CCCCCn1c(=O)[nH]c2ccsc2c1=O. The summed E-state index contributed by atoms with van der Waals surface area (Å²) >= 11 is 1.31. The molecule has 0 aromatic carbocycles. The van der Waals surface area contributed by atoms with Gasteiger partial charge in [0.1, 0.15) is 4.70 Å². The molecule has 0 saturated heterocycles. The summed E-state index contributed by atoms with van der Waals surface area (Å²) in [7, 11) is 0. The Bertz CT molecular complexity index is 852. The van der Waals surface area contributed by atoms with Gasteiger partial charge in [-0.2, -0.15) is 0 Å². The van der Waals surface area contributed by atoms with Crippen molar-refractivity contribution in [2.45, 2.75) is 39.2 Å². The summed E-state index contributed by atoms with van der Waals surface area (Å²) in [6.07, 6.45) is 2.46. The van der Waals surface area contributed by atoms with Crippen LogP contribution in [0.1, 0.15) is 32.6 Å². The molecule has 2 heterocycles. The van der Waals surface area contributed by atoms with Crippen molar-refractivity contribution >= 4 is 33.4 Å². The second-order valence-electron chi connectivity index (χ2n) is 5.69. The first kappa shape index (κ1) is 18.9. The number of amides is 2. The van der Waals surface area contributed by atoms with E-state index in [1.165, 1.54) is 22.8 Å². The third-order valence-corrected chi connectivity index (χ3v) is 4.60. The smallest absolute Gasteiger partial charge is 0.328 e. The Hall–Kier alpha value is -2.42. The van der Waals surface area contributed by atoms with Gasteiger partial charge in [0.25, 0.3) is 5.56 Å². The van der Waals surface area contributed by atoms with Crippen LogP contribution >= 0.6 is 11.3 Å². The topological polar surface area (TPSA) is 113 Å². The monoisotopic (exact) mass is 366 g/mol. The van der Waals surface area contributed by atoms with Crippen LogP contribution in [-0.4, -0.2) is 34.5 Å². The lowest BCUT2D eigenvalue weighted by molar-refractivity contribution is -0.122. The van der Waals surface area contributed by atoms with E-state index >= 15 is 0 Å². The zero-order chi connectivity index (χ0) is 18.2. The van der Waals surface area contributed by atoms with Crippen LogP contribution < -0.4 is 21.9 Å². The van der Waals surface area contributed by atoms with E-state index in [9.17, 15) is 19.2 Å². The largest absolute Gasteiger partial charge is 0.355 e. The van der Waals surface area contributed by atoms with Gasteiger partial charge >= 0.3 is 5.69 Å². The van der Waals surface area contributed by atoms with E-state index in [0.29, 0.717) is 49.1 Å². The summed E-state index contributed by atoms with van der Waals surface area (Å²) < 4.78 is 1.77. The fourth-order valence-corrected chi connectivity index (χ4v) is 3.23. The van der Waals surface area contributed by atoms with Gasteiger partial charge in [0.05, 0.1) is 5.52 Å². The lowest BCUT2D eigenvalue weighted by Gasteiger charge is -2.06. The Labute approximate surface area is 148 Å². The second kappa shape index (κ2) is 9.16. The molecule has 0 bridgehead atoms. The number of nitrogens with one attached hydrogen (secondary N) is 3. The van der Waals surface area contributed by atoms with Crippen LogP contribution in [-0.2, 0) is 16.1 Å². The normalized spacial score (nSPS) is 10.8. The van der Waals surface area contributed by atoms with E-state index in [2.05, 4.69) is 15.6 Å². The zero-order valence-corrected chi connectivity index (χ0v) is 14.9. The lowest BCUT2D eigenvalue weighted by Crippen LogP contribution is -2.34. The molecule has 0 aliphatic carbocycles. The van der Waals surface area contributed by atoms with Gasteiger partial charge in [0.15, 0.2) is 0 Å². The molecule has 0 radical (unpaired) electrons. The number of carbonyl (C=O) groups is 2. The number of H-pyrrole nitrogens is 1. The summed E-state index contributed by atoms with van der Waals surface area (Å²) in [5.74, 6) is -0.194. The standard InChI is InChI=1S/C16H22N4O4S/c1-11(21)17-7-8-18-13(22)5-3-2-4-9-20-15(23)14-12(6-10-25-14)19-16(20)24/h6,10H,2-5,7-9H2,1H3,(H,17,21)(H,18,22)(H,19,24). The van der Waals surface area contributed by atoms with Gasteiger partial charge in [0.2, 0.25) is 11.8 Å². The molecule has 0 unspecified atom stereocenters. The summed E-state index contributed by atoms with van der Waals surface area (Å²) in [6, 6.07) is 1.72. The molecule has 0 saturated carbocycles. The van der Waals surface area contributed by atoms with Crippen LogP contribution in [0.25, 0.3) is 10.2 Å². The molecule has 8 nitrogen and oxygen atoms in total. The minimum absolute atomic E-state index is 0.0691. The predicted octanol–water partition coefficient (Wildman–Crippen LogP) is 0.564. The molecule has 2 aromatic heterocycles. The van der Waals surface area contributed by atoms with E-state index in [1.807, 2.05) is 0 Å². The number of hydrogen-bond acceptors (Lipinski definition) is 5. The average molecular weight is 366 g/mol. The Morgan fingerprint density at radius 3 is 2.68 bits per heavy atom. The van der Waals surface area contributed by atoms with Crippen molar-refractivity contribution in [1.82, 2.24) is 20.2 Å². The minimum atomic E-state index is -0.397. The fourth-order valence-electron chi connectivity index (χ4n) is 2.43. The quantitative estimate of drug-likeness (QED) is 0.563. The molecule has 0 aliphatic heterocycles. The van der Waals surface area contributed by atoms with Crippen LogP contribution in [0, 0.1) is 0 Å². The Morgan fingerprint density at radius 1 is 1.16 bits per heavy atom. The molecule has 9 heteroatoms. The highest BCUT2D eigenvalue weighted by Crippen LogP contribution is 2.12. The highest BCUT2D eigenvalue weighted by Gasteiger charge is 2.08. The molecule has 2 aromatic rings. The number of unbranched alkanes of at least 4 members (excludes halogenated alkanes) is 2. The van der Waals surface area contributed by atoms with E-state index in [-0.39, 0.29) is 17.4 Å². The predicted molar refractivity (Wildman–Crippen MR) is 96.9 cm³/mol. The number of aromatic nitrogens is 2. The molecule has 25 heavy (non-hydrogen) atoms. The number of rotatable bonds is 9. The number of fused-ring (bicyclic) bond motifs is 1. The number of nitrogens with zero attached hydrogens (tertiary/aromatic N) is 1. The van der Waals surface area contributed by atoms with Crippen molar-refractivity contribution in [2.75, 3.05) is 13.1 Å². The maximum atomic E-state index is 12.2. The summed E-state index contributed by atoms with van der Waals surface area (Å²) in [4.78, 5) is 49.2. The molecule has 3 N–H and O–H groups in total. The maximum Gasteiger partial charge on any atom is 0.328 e. The van der Waals surface area contributed by atoms with E-state index < -0.39 is 5.69 Å². The first-order chi connectivity index (χ1) is 12.0. The van der Waals surface area contributed by atoms with Gasteiger partial charge in [-0.1, -0.05) is 6.42 Å². The van der Waals surface area contributed by atoms with Crippen molar-refractivity contribution in [3.8, 4) is 0 Å². The highest BCUT2D eigenvalue weighted by atomic mass is 32.1. The number of aromatic amines is 1. The average Bonchev–Trinajstić information content (AvgIpc) is 3.02. The molecule has 2 amide bonds. The van der Waals surface area contributed by atoms with Crippen LogP contribution in [0.15, 0.2) is 21.0 Å². The molecule has 0 aliphatic rings. The second-order valence-corrected chi connectivity index (χ2v) is 6.61. The number of thiophene rings is 1. The van der Waals surface area contributed by atoms with Gasteiger partial charge in [-0.25, -0.2) is 4.79 Å². The van der Waals surface area contributed by atoms with Gasteiger partial charge < -0.3 is 15.6 Å². The number of carbonyl (C=O) groups excluding carboxylic acids is 2. The maximum absolute atomic E-state index is 12.2. The van der Waals surface area contributed by atoms with Gasteiger partial charge in [0, 0.05) is 33.0 Å². The summed E-state index contributed by atoms with van der Waals surface area (Å²) in [6.45, 7) is 2.59. The number of hydrogen-bond donors (Lipinski definition) is 3. The van der Waals surface area contributed by atoms with Crippen LogP contribution in [0.3, 0.4) is 0 Å². The van der Waals surface area contributed by atoms with Crippen molar-refractivity contribution in [1.29, 1.82) is 0 Å². The van der Waals surface area contributed by atoms with E-state index in [4.69, 9.17) is 0 Å². The first-order valence-corrected chi connectivity index (χ1v) is 9.08. The first-order valence-electron chi connectivity index (χ1n) is 8.20. The lowest BCUT2D eigenvalue weighted by atomic mass is 10.2. The summed E-state index contributed by atoms with van der Waals surface area (Å²) in [5, 5.41) is 7.09. The highest BCUT2D eigenvalue weighted by molar-refractivity contribution is 7.17. The Balaban J connectivity index is 1.70. The van der Waals surface area contributed by atoms with Crippen LogP contribution in [0.4, 0.5) is 0 Å². The molecular weight excluding hydrogens is 344 g/mol. The molecule has 0 spiro atoms. The van der Waals surface area contributed by atoms with Crippen molar-refractivity contribution < 1.29 is 9.59 Å². The van der Waals surface area contributed by atoms with Crippen LogP contribution in [0.5, 0.6) is 0 Å². The van der Waals surface area contributed by atoms with Crippen molar-refractivity contribution in [3.05, 3.63) is 32.3 Å².